The number of piperidine rings is 3. The molecule has 13 atom stereocenters. The number of ether oxygens (including phenoxy) is 2. The molecule has 9 heterocycles. The molecule has 1 saturated carbocycles. The largest absolute Gasteiger partial charge is 0.449 e. The Hall–Kier alpha value is -3.94. The van der Waals surface area contributed by atoms with Crippen molar-refractivity contribution in [2.24, 2.45) is 58.0 Å². The Labute approximate surface area is 355 Å². The Morgan fingerprint density at radius 2 is 1.85 bits per heavy atom. The molecule has 7 heteroatoms. The molecule has 5 fully saturated rings. The lowest BCUT2D eigenvalue weighted by Gasteiger charge is -2.71. The summed E-state index contributed by atoms with van der Waals surface area (Å²) in [4.78, 5) is 36.5. The summed E-state index contributed by atoms with van der Waals surface area (Å²) in [7, 11) is 0. The molecule has 2 aromatic rings. The third-order valence-electron chi connectivity index (χ3n) is 18.9. The van der Waals surface area contributed by atoms with Gasteiger partial charge < -0.3 is 20.1 Å². The zero-order valence-electron chi connectivity index (χ0n) is 35.6. The van der Waals surface area contributed by atoms with E-state index in [2.05, 4.69) is 84.3 Å². The van der Waals surface area contributed by atoms with Gasteiger partial charge in [0.1, 0.15) is 11.2 Å². The van der Waals surface area contributed by atoms with Crippen LogP contribution in [0, 0.1) is 52.3 Å². The van der Waals surface area contributed by atoms with Crippen molar-refractivity contribution in [2.75, 3.05) is 26.2 Å². The summed E-state index contributed by atoms with van der Waals surface area (Å²) in [6.45, 7) is 8.93. The Morgan fingerprint density at radius 3 is 2.75 bits per heavy atom. The highest BCUT2D eigenvalue weighted by Crippen LogP contribution is 2.87. The Bertz CT molecular complexity index is 2370. The maximum atomic E-state index is 16.0. The van der Waals surface area contributed by atoms with Crippen LogP contribution in [0.3, 0.4) is 0 Å². The minimum absolute atomic E-state index is 0.0882. The number of fused-ring (bicyclic) bond motifs is 6. The summed E-state index contributed by atoms with van der Waals surface area (Å²) in [5, 5.41) is 0. The maximum absolute atomic E-state index is 16.0. The number of benzene rings is 2. The highest BCUT2D eigenvalue weighted by Gasteiger charge is 2.92. The molecule has 2 aromatic carbocycles. The van der Waals surface area contributed by atoms with Crippen molar-refractivity contribution in [3.05, 3.63) is 117 Å². The number of hydrogen-bond donors (Lipinski definition) is 1. The lowest BCUT2D eigenvalue weighted by Crippen LogP contribution is -2.77. The molecular weight excluding hydrogens is 743 g/mol. The number of carbonyl (C=O) groups excluding carboxylic acids is 2. The molecule has 0 radical (unpaired) electrons. The molecule has 2 N–H and O–H groups in total. The molecule has 14 aliphatic rings. The van der Waals surface area contributed by atoms with Gasteiger partial charge in [0.05, 0.1) is 11.0 Å². The van der Waals surface area contributed by atoms with Crippen LogP contribution in [0.2, 0.25) is 0 Å². The predicted octanol–water partition coefficient (Wildman–Crippen LogP) is 8.58. The first-order valence-electron chi connectivity index (χ1n) is 24.0. The fourth-order valence-electron chi connectivity index (χ4n) is 16.8. The molecule has 4 saturated heterocycles. The van der Waals surface area contributed by atoms with Gasteiger partial charge in [0, 0.05) is 54.8 Å². The molecule has 0 aromatic heterocycles. The second-order valence-electron chi connectivity index (χ2n) is 21.3. The van der Waals surface area contributed by atoms with E-state index in [1.54, 1.807) is 5.70 Å². The lowest BCUT2D eigenvalue weighted by molar-refractivity contribution is -0.275. The first kappa shape index (κ1) is 36.7. The summed E-state index contributed by atoms with van der Waals surface area (Å²) in [5.74, 6) is 2.94. The number of hydrogen-bond acceptors (Lipinski definition) is 7. The quantitative estimate of drug-likeness (QED) is 0.312. The SMILES string of the molecule is CC1CC=C2C3C4=C5C=C(Cc6cccc(c6)CCCCC6C57C(=O)OC(=CC5CCC8C9CC(CN2C9)CN8C5C)C7(CC4)C62OC(=O)c4c(CCCN)cccc42)C13. The van der Waals surface area contributed by atoms with Gasteiger partial charge in [0.15, 0.2) is 5.60 Å². The van der Waals surface area contributed by atoms with E-state index in [9.17, 15) is 4.79 Å². The van der Waals surface area contributed by atoms with Gasteiger partial charge in [-0.2, -0.15) is 0 Å². The first-order chi connectivity index (χ1) is 29.3. The molecule has 5 aliphatic carbocycles. The number of nitrogens with zero attached hydrogens (tertiary/aromatic N) is 2. The van der Waals surface area contributed by atoms with Gasteiger partial charge in [-0.25, -0.2) is 4.79 Å². The van der Waals surface area contributed by atoms with Gasteiger partial charge in [-0.15, -0.1) is 0 Å². The van der Waals surface area contributed by atoms with Gasteiger partial charge >= 0.3 is 11.9 Å². The Balaban J connectivity index is 1.12. The molecule has 7 nitrogen and oxygen atoms in total. The van der Waals surface area contributed by atoms with Crippen LogP contribution in [0.5, 0.6) is 0 Å². The van der Waals surface area contributed by atoms with Crippen molar-refractivity contribution >= 4 is 11.9 Å². The van der Waals surface area contributed by atoms with Crippen molar-refractivity contribution in [3.8, 4) is 0 Å². The number of nitrogens with two attached hydrogens (primary N) is 1. The van der Waals surface area contributed by atoms with E-state index in [4.69, 9.17) is 15.2 Å². The minimum Gasteiger partial charge on any atom is -0.449 e. The Morgan fingerprint density at radius 1 is 0.967 bits per heavy atom. The van der Waals surface area contributed by atoms with E-state index in [1.807, 2.05) is 0 Å². The van der Waals surface area contributed by atoms with Crippen LogP contribution in [-0.2, 0) is 39.1 Å². The summed E-state index contributed by atoms with van der Waals surface area (Å²) >= 11 is 0. The molecule has 60 heavy (non-hydrogen) atoms. The Kier molecular flexibility index (Phi) is 7.84. The van der Waals surface area contributed by atoms with Crippen LogP contribution in [0.25, 0.3) is 0 Å². The normalized spacial score (nSPS) is 42.6. The van der Waals surface area contributed by atoms with Crippen molar-refractivity contribution in [1.29, 1.82) is 0 Å². The smallest absolute Gasteiger partial charge is 0.339 e. The van der Waals surface area contributed by atoms with Crippen molar-refractivity contribution in [1.82, 2.24) is 9.80 Å². The van der Waals surface area contributed by atoms with Gasteiger partial charge in [-0.05, 0) is 148 Å². The zero-order chi connectivity index (χ0) is 40.3. The van der Waals surface area contributed by atoms with Gasteiger partial charge in [-0.1, -0.05) is 79.1 Å². The van der Waals surface area contributed by atoms with Gasteiger partial charge in [0.2, 0.25) is 0 Å². The van der Waals surface area contributed by atoms with Crippen LogP contribution in [-0.4, -0.2) is 60.0 Å². The molecule has 3 spiro atoms. The fraction of sp³-hybridized carbons (Fsp3) is 0.585. The van der Waals surface area contributed by atoms with E-state index in [0.29, 0.717) is 42.3 Å². The third kappa shape index (κ3) is 4.40. The fourth-order valence-corrected chi connectivity index (χ4v) is 16.8. The zero-order valence-corrected chi connectivity index (χ0v) is 35.6. The predicted molar refractivity (Wildman–Crippen MR) is 230 cm³/mol. The number of esters is 2. The summed E-state index contributed by atoms with van der Waals surface area (Å²) in [6.07, 6.45) is 20.2. The van der Waals surface area contributed by atoms with Crippen LogP contribution < -0.4 is 5.73 Å². The number of rotatable bonds is 3. The molecule has 15 bridgehead atoms. The second-order valence-corrected chi connectivity index (χ2v) is 21.3. The van der Waals surface area contributed by atoms with Crippen molar-refractivity contribution in [2.45, 2.75) is 115 Å². The maximum Gasteiger partial charge on any atom is 0.339 e. The van der Waals surface area contributed by atoms with Crippen LogP contribution in [0.15, 0.2) is 88.9 Å². The van der Waals surface area contributed by atoms with E-state index in [-0.39, 0.29) is 29.7 Å². The van der Waals surface area contributed by atoms with E-state index >= 15 is 4.79 Å². The molecule has 13 unspecified atom stereocenters. The second kappa shape index (κ2) is 12.8. The first-order valence-corrected chi connectivity index (χ1v) is 24.0. The van der Waals surface area contributed by atoms with E-state index in [1.165, 1.54) is 40.7 Å². The molecule has 312 valence electrons. The van der Waals surface area contributed by atoms with Crippen molar-refractivity contribution < 1.29 is 19.1 Å². The van der Waals surface area contributed by atoms with Crippen LogP contribution in [0.4, 0.5) is 0 Å². The third-order valence-corrected chi connectivity index (χ3v) is 18.9. The van der Waals surface area contributed by atoms with Crippen molar-refractivity contribution in [3.63, 3.8) is 0 Å². The minimum atomic E-state index is -0.995. The average molecular weight is 804 g/mol. The lowest BCUT2D eigenvalue weighted by atomic mass is 9.29. The van der Waals surface area contributed by atoms with Gasteiger partial charge in [-0.3, -0.25) is 9.69 Å². The monoisotopic (exact) mass is 803 g/mol. The van der Waals surface area contributed by atoms with E-state index < -0.39 is 16.4 Å². The number of aryl methyl sites for hydroxylation is 2. The molecule has 0 amide bonds. The summed E-state index contributed by atoms with van der Waals surface area (Å²) in [6, 6.07) is 16.7. The van der Waals surface area contributed by atoms with Crippen LogP contribution in [0.1, 0.15) is 111 Å². The highest BCUT2D eigenvalue weighted by molar-refractivity contribution is 6.00. The summed E-state index contributed by atoms with van der Waals surface area (Å²) < 4.78 is 14.3. The molecule has 9 aliphatic heterocycles. The number of allylic oxidation sites excluding steroid dienone is 4. The summed E-state index contributed by atoms with van der Waals surface area (Å²) in [5.41, 5.74) is 14.6. The average Bonchev–Trinajstić information content (AvgIpc) is 3.69. The van der Waals surface area contributed by atoms with E-state index in [0.717, 1.165) is 113 Å². The van der Waals surface area contributed by atoms with Crippen LogP contribution >= 0.6 is 0 Å². The number of carbonyl (C=O) groups is 2. The molecule has 16 rings (SSSR count). The highest BCUT2D eigenvalue weighted by atomic mass is 16.6. The molecular formula is C53H61N3O4. The topological polar surface area (TPSA) is 85.1 Å². The standard InChI is InChI=1S/C53H61N3O4/c1-30-15-17-43-48-39-19-20-51-45(26-36-16-18-42-38-24-34(27-55(43)29-38)28-56(42)31(36)2)59-50(58)52(51)41(39)25-37(46(30)48)23-33-10-5-9-32(22-33)8-3-4-14-44(52)53(51)40-13-6-11-35(12-7-21-54)47(40)49(57)60-53/h5-6,9-11,13,17,22,25-26,30-31,34,36,38,42,44,46,48H,3-4,7-8,12,14-16,18-21,23-24,27-29,54H2,1-2H3. The van der Waals surface area contributed by atoms with Gasteiger partial charge in [0.25, 0.3) is 0 Å².